The van der Waals surface area contributed by atoms with Gasteiger partial charge >= 0.3 is 0 Å². The van der Waals surface area contributed by atoms with E-state index in [0.29, 0.717) is 33.8 Å². The molecule has 21 heavy (non-hydrogen) atoms. The lowest BCUT2D eigenvalue weighted by Crippen LogP contribution is -2.02. The number of halogens is 1. The SMILES string of the molecule is COc1cc(Cl)cc(CO)c1OCc1nc(C(C)C)no1. The van der Waals surface area contributed by atoms with Crippen LogP contribution >= 0.6 is 11.6 Å². The summed E-state index contributed by atoms with van der Waals surface area (Å²) in [6, 6.07) is 3.23. The Morgan fingerprint density at radius 2 is 2.14 bits per heavy atom. The van der Waals surface area contributed by atoms with Crippen LogP contribution in [0, 0.1) is 0 Å². The van der Waals surface area contributed by atoms with Crippen LogP contribution in [0.25, 0.3) is 0 Å². The highest BCUT2D eigenvalue weighted by molar-refractivity contribution is 6.30. The summed E-state index contributed by atoms with van der Waals surface area (Å²) in [5.41, 5.74) is 0.531. The zero-order chi connectivity index (χ0) is 15.4. The first-order chi connectivity index (χ1) is 10.0. The summed E-state index contributed by atoms with van der Waals surface area (Å²) in [5.74, 6) is 2.02. The maximum absolute atomic E-state index is 9.39. The summed E-state index contributed by atoms with van der Waals surface area (Å²) < 4.78 is 16.0. The first-order valence-electron chi connectivity index (χ1n) is 6.47. The van der Waals surface area contributed by atoms with Crippen LogP contribution in [-0.2, 0) is 13.2 Å². The molecule has 1 heterocycles. The molecule has 0 atom stereocenters. The third-order valence-corrected chi connectivity index (χ3v) is 3.05. The van der Waals surface area contributed by atoms with Crippen molar-refractivity contribution in [3.8, 4) is 11.5 Å². The van der Waals surface area contributed by atoms with Crippen molar-refractivity contribution in [3.05, 3.63) is 34.4 Å². The van der Waals surface area contributed by atoms with Gasteiger partial charge in [0.25, 0.3) is 5.89 Å². The molecule has 1 aromatic carbocycles. The number of methoxy groups -OCH3 is 1. The number of hydrogen-bond donors (Lipinski definition) is 1. The maximum atomic E-state index is 9.39. The Morgan fingerprint density at radius 1 is 1.38 bits per heavy atom. The second-order valence-electron chi connectivity index (χ2n) is 4.74. The van der Waals surface area contributed by atoms with Gasteiger partial charge in [-0.2, -0.15) is 4.98 Å². The number of benzene rings is 1. The van der Waals surface area contributed by atoms with Crippen molar-refractivity contribution >= 4 is 11.6 Å². The van der Waals surface area contributed by atoms with Crippen molar-refractivity contribution in [2.45, 2.75) is 33.0 Å². The molecule has 0 spiro atoms. The van der Waals surface area contributed by atoms with E-state index in [-0.39, 0.29) is 19.1 Å². The lowest BCUT2D eigenvalue weighted by Gasteiger charge is -2.13. The van der Waals surface area contributed by atoms with Gasteiger partial charge in [-0.15, -0.1) is 0 Å². The minimum absolute atomic E-state index is 0.0880. The van der Waals surface area contributed by atoms with E-state index in [1.165, 1.54) is 7.11 Å². The molecule has 0 radical (unpaired) electrons. The highest BCUT2D eigenvalue weighted by Gasteiger charge is 2.15. The third-order valence-electron chi connectivity index (χ3n) is 2.83. The summed E-state index contributed by atoms with van der Waals surface area (Å²) in [5, 5.41) is 13.7. The Bertz CT molecular complexity index is 588. The molecular weight excluding hydrogens is 296 g/mol. The third kappa shape index (κ3) is 3.65. The number of aromatic nitrogens is 2. The first-order valence-corrected chi connectivity index (χ1v) is 6.85. The van der Waals surface area contributed by atoms with Crippen LogP contribution in [0.5, 0.6) is 11.5 Å². The van der Waals surface area contributed by atoms with Crippen molar-refractivity contribution in [2.24, 2.45) is 0 Å². The zero-order valence-corrected chi connectivity index (χ0v) is 12.8. The van der Waals surface area contributed by atoms with Crippen LogP contribution in [0.2, 0.25) is 5.02 Å². The molecular formula is C14H17ClN2O4. The van der Waals surface area contributed by atoms with E-state index in [4.69, 9.17) is 25.6 Å². The summed E-state index contributed by atoms with van der Waals surface area (Å²) in [6.45, 7) is 3.82. The van der Waals surface area contributed by atoms with Crippen molar-refractivity contribution in [1.82, 2.24) is 10.1 Å². The van der Waals surface area contributed by atoms with E-state index >= 15 is 0 Å². The van der Waals surface area contributed by atoms with Gasteiger partial charge in [-0.25, -0.2) is 0 Å². The molecule has 1 aromatic heterocycles. The van der Waals surface area contributed by atoms with E-state index in [9.17, 15) is 5.11 Å². The fourth-order valence-corrected chi connectivity index (χ4v) is 1.98. The molecule has 0 aliphatic rings. The van der Waals surface area contributed by atoms with Crippen molar-refractivity contribution in [3.63, 3.8) is 0 Å². The highest BCUT2D eigenvalue weighted by Crippen LogP contribution is 2.35. The molecule has 7 heteroatoms. The fraction of sp³-hybridized carbons (Fsp3) is 0.429. The predicted octanol–water partition coefficient (Wildman–Crippen LogP) is 2.93. The topological polar surface area (TPSA) is 77.6 Å². The van der Waals surface area contributed by atoms with Gasteiger partial charge < -0.3 is 19.1 Å². The molecule has 0 saturated heterocycles. The summed E-state index contributed by atoms with van der Waals surface area (Å²) in [4.78, 5) is 4.22. The van der Waals surface area contributed by atoms with Crippen LogP contribution in [-0.4, -0.2) is 22.4 Å². The van der Waals surface area contributed by atoms with E-state index in [1.54, 1.807) is 12.1 Å². The molecule has 2 aromatic rings. The number of ether oxygens (including phenoxy) is 2. The number of hydrogen-bond acceptors (Lipinski definition) is 6. The summed E-state index contributed by atoms with van der Waals surface area (Å²) >= 11 is 5.95. The molecule has 114 valence electrons. The molecule has 0 unspecified atom stereocenters. The molecule has 0 amide bonds. The van der Waals surface area contributed by atoms with Crippen LogP contribution in [0.1, 0.15) is 37.0 Å². The standard InChI is InChI=1S/C14H17ClN2O4/c1-8(2)14-16-12(21-17-14)7-20-13-9(6-18)4-10(15)5-11(13)19-3/h4-5,8,18H,6-7H2,1-3H3. The van der Waals surface area contributed by atoms with E-state index in [2.05, 4.69) is 10.1 Å². The fourth-order valence-electron chi connectivity index (χ4n) is 1.75. The van der Waals surface area contributed by atoms with Gasteiger partial charge in [0.2, 0.25) is 0 Å². The Labute approximate surface area is 127 Å². The second kappa shape index (κ2) is 6.78. The van der Waals surface area contributed by atoms with Crippen molar-refractivity contribution in [2.75, 3.05) is 7.11 Å². The molecule has 6 nitrogen and oxygen atoms in total. The van der Waals surface area contributed by atoms with Crippen LogP contribution in [0.3, 0.4) is 0 Å². The summed E-state index contributed by atoms with van der Waals surface area (Å²) in [6.07, 6.45) is 0. The monoisotopic (exact) mass is 312 g/mol. The lowest BCUT2D eigenvalue weighted by molar-refractivity contribution is 0.220. The number of rotatable bonds is 6. The van der Waals surface area contributed by atoms with Crippen molar-refractivity contribution < 1.29 is 19.1 Å². The first kappa shape index (κ1) is 15.6. The number of aliphatic hydroxyl groups excluding tert-OH is 1. The van der Waals surface area contributed by atoms with E-state index < -0.39 is 0 Å². The Morgan fingerprint density at radius 3 is 2.71 bits per heavy atom. The van der Waals surface area contributed by atoms with Crippen molar-refractivity contribution in [1.29, 1.82) is 0 Å². The van der Waals surface area contributed by atoms with Gasteiger partial charge in [0.1, 0.15) is 0 Å². The quantitative estimate of drug-likeness (QED) is 0.883. The molecule has 0 fully saturated rings. The van der Waals surface area contributed by atoms with Gasteiger partial charge in [-0.3, -0.25) is 0 Å². The Balaban J connectivity index is 2.18. The molecule has 0 bridgehead atoms. The van der Waals surface area contributed by atoms with Gasteiger partial charge in [0.15, 0.2) is 23.9 Å². The van der Waals surface area contributed by atoms with Gasteiger partial charge in [0, 0.05) is 22.6 Å². The van der Waals surface area contributed by atoms with Crippen LogP contribution < -0.4 is 9.47 Å². The zero-order valence-electron chi connectivity index (χ0n) is 12.1. The minimum Gasteiger partial charge on any atom is -0.493 e. The summed E-state index contributed by atoms with van der Waals surface area (Å²) in [7, 11) is 1.50. The average Bonchev–Trinajstić information content (AvgIpc) is 2.94. The van der Waals surface area contributed by atoms with Gasteiger partial charge in [-0.05, 0) is 6.07 Å². The largest absolute Gasteiger partial charge is 0.493 e. The minimum atomic E-state index is -0.215. The second-order valence-corrected chi connectivity index (χ2v) is 5.18. The molecule has 1 N–H and O–H groups in total. The average molecular weight is 313 g/mol. The number of nitrogens with zero attached hydrogens (tertiary/aromatic N) is 2. The van der Waals surface area contributed by atoms with E-state index in [1.807, 2.05) is 13.8 Å². The van der Waals surface area contributed by atoms with Gasteiger partial charge in [-0.1, -0.05) is 30.6 Å². The molecule has 0 aliphatic carbocycles. The van der Waals surface area contributed by atoms with Gasteiger partial charge in [0.05, 0.1) is 13.7 Å². The molecule has 0 aliphatic heterocycles. The smallest absolute Gasteiger partial charge is 0.264 e. The highest BCUT2D eigenvalue weighted by atomic mass is 35.5. The Kier molecular flexibility index (Phi) is 5.03. The lowest BCUT2D eigenvalue weighted by atomic mass is 10.2. The molecule has 0 saturated carbocycles. The molecule has 2 rings (SSSR count). The van der Waals surface area contributed by atoms with E-state index in [0.717, 1.165) is 0 Å². The predicted molar refractivity (Wildman–Crippen MR) is 76.6 cm³/mol. The Hall–Kier alpha value is -1.79. The normalized spacial score (nSPS) is 11.0. The maximum Gasteiger partial charge on any atom is 0.264 e. The van der Waals surface area contributed by atoms with Crippen LogP contribution in [0.15, 0.2) is 16.7 Å². The number of aliphatic hydroxyl groups is 1. The van der Waals surface area contributed by atoms with Crippen LogP contribution in [0.4, 0.5) is 0 Å².